The highest BCUT2D eigenvalue weighted by Crippen LogP contribution is 2.56. The lowest BCUT2D eigenvalue weighted by Gasteiger charge is -2.56. The van der Waals surface area contributed by atoms with E-state index >= 15 is 0 Å². The summed E-state index contributed by atoms with van der Waals surface area (Å²) in [4.78, 5) is 31.4. The Balaban J connectivity index is 1.26. The number of fused-ring (bicyclic) bond motifs is 3. The lowest BCUT2D eigenvalue weighted by atomic mass is 9.53. The Kier molecular flexibility index (Phi) is 6.48. The number of sulfonamides is 1. The monoisotopic (exact) mass is 595 g/mol. The minimum Gasteiger partial charge on any atom is -0.467 e. The van der Waals surface area contributed by atoms with Gasteiger partial charge in [-0.1, -0.05) is 30.3 Å². The number of halogens is 1. The largest absolute Gasteiger partial charge is 0.467 e. The summed E-state index contributed by atoms with van der Waals surface area (Å²) in [5.41, 5.74) is 2.95. The SMILES string of the molecule is COC(=O)[C@H]1Cc2c([nH]c3ccccc23)[C@H](c2ccc(S(=O)(=O)NC34C[C@H]5C[C@@H](C3)C[C@@H](C4)C5)cc2)N1C(=O)CCl. The number of aromatic nitrogens is 1. The molecule has 2 heterocycles. The first-order chi connectivity index (χ1) is 19.7. The van der Waals surface area contributed by atoms with Crippen LogP contribution in [-0.2, 0) is 30.8 Å². The van der Waals surface area contributed by atoms with Gasteiger partial charge < -0.3 is 14.6 Å². The van der Waals surface area contributed by atoms with Gasteiger partial charge in [-0.05, 0) is 85.6 Å². The number of esters is 1. The molecule has 3 aromatic rings. The van der Waals surface area contributed by atoms with E-state index in [1.54, 1.807) is 24.3 Å². The fourth-order valence-corrected chi connectivity index (χ4v) is 10.3. The van der Waals surface area contributed by atoms with Gasteiger partial charge in [0.1, 0.15) is 11.9 Å². The number of nitrogens with one attached hydrogen (secondary N) is 2. The molecule has 4 aliphatic carbocycles. The molecule has 216 valence electrons. The minimum absolute atomic E-state index is 0.199. The summed E-state index contributed by atoms with van der Waals surface area (Å²) in [5.74, 6) is 0.630. The number of nitrogens with zero attached hydrogens (tertiary/aromatic N) is 1. The second kappa shape index (κ2) is 9.85. The van der Waals surface area contributed by atoms with Gasteiger partial charge in [-0.3, -0.25) is 4.79 Å². The van der Waals surface area contributed by atoms with E-state index in [0.29, 0.717) is 23.3 Å². The molecule has 2 N–H and O–H groups in total. The summed E-state index contributed by atoms with van der Waals surface area (Å²) in [6, 6.07) is 12.9. The van der Waals surface area contributed by atoms with E-state index in [0.717, 1.165) is 41.4 Å². The molecular weight excluding hydrogens is 562 g/mol. The smallest absolute Gasteiger partial charge is 0.328 e. The van der Waals surface area contributed by atoms with Crippen molar-refractivity contribution < 1.29 is 22.7 Å². The summed E-state index contributed by atoms with van der Waals surface area (Å²) >= 11 is 6.05. The number of methoxy groups -OCH3 is 1. The third-order valence-electron chi connectivity index (χ3n) is 9.90. The average molecular weight is 596 g/mol. The van der Waals surface area contributed by atoms with Gasteiger partial charge in [0.2, 0.25) is 15.9 Å². The van der Waals surface area contributed by atoms with Gasteiger partial charge in [-0.2, -0.15) is 0 Å². The molecule has 1 aliphatic heterocycles. The van der Waals surface area contributed by atoms with Crippen molar-refractivity contribution in [1.29, 1.82) is 0 Å². The number of ether oxygens (including phenoxy) is 1. The van der Waals surface area contributed by atoms with E-state index in [2.05, 4.69) is 9.71 Å². The number of H-pyrrole nitrogens is 1. The van der Waals surface area contributed by atoms with Crippen molar-refractivity contribution in [2.45, 2.75) is 67.5 Å². The van der Waals surface area contributed by atoms with Crippen LogP contribution >= 0.6 is 11.6 Å². The molecular formula is C31H34ClN3O5S. The fourth-order valence-electron chi connectivity index (χ4n) is 8.74. The first-order valence-electron chi connectivity index (χ1n) is 14.4. The standard InChI is InChI=1S/C31H34ClN3O5S/c1-40-30(37)26-13-24-23-4-2-3-5-25(23)33-28(24)29(35(26)27(36)17-32)21-6-8-22(9-7-21)41(38,39)34-31-14-18-10-19(15-31)12-20(11-18)16-31/h2-9,18-20,26,29,33-34H,10-17H2,1H3/t18-,19+,20-,26-,29+,31?/m1/s1. The topological polar surface area (TPSA) is 109 Å². The summed E-state index contributed by atoms with van der Waals surface area (Å²) in [6.07, 6.45) is 6.75. The Labute approximate surface area is 244 Å². The third kappa shape index (κ3) is 4.48. The Morgan fingerprint density at radius 2 is 1.66 bits per heavy atom. The summed E-state index contributed by atoms with van der Waals surface area (Å²) in [6.45, 7) is 0. The first-order valence-corrected chi connectivity index (χ1v) is 16.4. The molecule has 0 saturated heterocycles. The van der Waals surface area contributed by atoms with E-state index in [1.807, 2.05) is 24.3 Å². The number of carbonyl (C=O) groups excluding carboxylic acids is 2. The van der Waals surface area contributed by atoms with Crippen LogP contribution in [0.25, 0.3) is 10.9 Å². The van der Waals surface area contributed by atoms with Crippen LogP contribution in [0, 0.1) is 17.8 Å². The number of alkyl halides is 1. The molecule has 4 fully saturated rings. The number of carbonyl (C=O) groups is 2. The van der Waals surface area contributed by atoms with Gasteiger partial charge in [0.05, 0.1) is 18.0 Å². The molecule has 41 heavy (non-hydrogen) atoms. The molecule has 0 radical (unpaired) electrons. The molecule has 2 aromatic carbocycles. The zero-order chi connectivity index (χ0) is 28.5. The predicted molar refractivity (Wildman–Crippen MR) is 155 cm³/mol. The van der Waals surface area contributed by atoms with Crippen molar-refractivity contribution >= 4 is 44.4 Å². The molecule has 0 spiro atoms. The van der Waals surface area contributed by atoms with Crippen LogP contribution < -0.4 is 4.72 Å². The van der Waals surface area contributed by atoms with Crippen LogP contribution in [0.5, 0.6) is 0 Å². The van der Waals surface area contributed by atoms with E-state index in [1.165, 1.54) is 31.3 Å². The van der Waals surface area contributed by atoms with Crippen LogP contribution in [0.2, 0.25) is 0 Å². The second-order valence-corrected chi connectivity index (χ2v) is 14.5. The van der Waals surface area contributed by atoms with Crippen molar-refractivity contribution in [3.05, 3.63) is 65.4 Å². The van der Waals surface area contributed by atoms with E-state index in [4.69, 9.17) is 16.3 Å². The molecule has 0 unspecified atom stereocenters. The molecule has 8 rings (SSSR count). The Morgan fingerprint density at radius 1 is 1.02 bits per heavy atom. The van der Waals surface area contributed by atoms with E-state index < -0.39 is 34.0 Å². The van der Waals surface area contributed by atoms with Gasteiger partial charge in [0.25, 0.3) is 0 Å². The molecule has 4 bridgehead atoms. The number of para-hydroxylation sites is 1. The maximum atomic E-state index is 13.7. The van der Waals surface area contributed by atoms with Gasteiger partial charge in [-0.25, -0.2) is 17.9 Å². The van der Waals surface area contributed by atoms with Crippen molar-refractivity contribution in [3.63, 3.8) is 0 Å². The molecule has 1 amide bonds. The number of benzene rings is 2. The van der Waals surface area contributed by atoms with E-state index in [9.17, 15) is 18.0 Å². The van der Waals surface area contributed by atoms with Gasteiger partial charge in [0, 0.05) is 28.6 Å². The average Bonchev–Trinajstić information content (AvgIpc) is 3.32. The molecule has 4 saturated carbocycles. The maximum Gasteiger partial charge on any atom is 0.328 e. The van der Waals surface area contributed by atoms with Crippen molar-refractivity contribution in [2.75, 3.05) is 13.0 Å². The lowest BCUT2D eigenvalue weighted by molar-refractivity contribution is -0.154. The fraction of sp³-hybridized carbons (Fsp3) is 0.484. The molecule has 10 heteroatoms. The van der Waals surface area contributed by atoms with Gasteiger partial charge in [-0.15, -0.1) is 11.6 Å². The third-order valence-corrected chi connectivity index (χ3v) is 11.7. The van der Waals surface area contributed by atoms with Crippen LogP contribution in [0.15, 0.2) is 53.4 Å². The van der Waals surface area contributed by atoms with Gasteiger partial charge >= 0.3 is 5.97 Å². The number of rotatable bonds is 6. The van der Waals surface area contributed by atoms with Crippen LogP contribution in [-0.4, -0.2) is 54.7 Å². The molecule has 8 nitrogen and oxygen atoms in total. The Morgan fingerprint density at radius 3 is 2.27 bits per heavy atom. The summed E-state index contributed by atoms with van der Waals surface area (Å²) in [7, 11) is -2.44. The van der Waals surface area contributed by atoms with Crippen LogP contribution in [0.4, 0.5) is 0 Å². The van der Waals surface area contributed by atoms with Crippen LogP contribution in [0.3, 0.4) is 0 Å². The first kappa shape index (κ1) is 27.0. The van der Waals surface area contributed by atoms with Crippen molar-refractivity contribution in [1.82, 2.24) is 14.6 Å². The molecule has 2 atom stereocenters. The minimum atomic E-state index is -3.75. The zero-order valence-electron chi connectivity index (χ0n) is 22.9. The van der Waals surface area contributed by atoms with E-state index in [-0.39, 0.29) is 22.7 Å². The summed E-state index contributed by atoms with van der Waals surface area (Å²) in [5, 5.41) is 0.971. The predicted octanol–water partition coefficient (Wildman–Crippen LogP) is 4.67. The molecule has 5 aliphatic rings. The highest BCUT2D eigenvalue weighted by atomic mass is 35.5. The second-order valence-electron chi connectivity index (χ2n) is 12.5. The van der Waals surface area contributed by atoms with Gasteiger partial charge in [0.15, 0.2) is 0 Å². The van der Waals surface area contributed by atoms with Crippen molar-refractivity contribution in [3.8, 4) is 0 Å². The maximum absolute atomic E-state index is 13.7. The quantitative estimate of drug-likeness (QED) is 0.318. The Hall–Kier alpha value is -2.88. The number of aromatic amines is 1. The number of hydrogen-bond acceptors (Lipinski definition) is 5. The van der Waals surface area contributed by atoms with Crippen molar-refractivity contribution in [2.24, 2.45) is 17.8 Å². The highest BCUT2D eigenvalue weighted by Gasteiger charge is 2.52. The van der Waals surface area contributed by atoms with Crippen LogP contribution in [0.1, 0.15) is 61.4 Å². The Bertz CT molecular complexity index is 1600. The number of hydrogen-bond donors (Lipinski definition) is 2. The lowest BCUT2D eigenvalue weighted by Crippen LogP contribution is -2.59. The highest BCUT2D eigenvalue weighted by molar-refractivity contribution is 7.89. The summed E-state index contributed by atoms with van der Waals surface area (Å²) < 4.78 is 35.6. The molecule has 1 aromatic heterocycles. The normalized spacial score (nSPS) is 30.4. The number of amides is 1. The zero-order valence-corrected chi connectivity index (χ0v) is 24.5.